The van der Waals surface area contributed by atoms with Crippen LogP contribution in [-0.2, 0) is 0 Å². The minimum absolute atomic E-state index is 0.785. The van der Waals surface area contributed by atoms with Crippen LogP contribution in [0.15, 0.2) is 121 Å². The summed E-state index contributed by atoms with van der Waals surface area (Å²) >= 11 is 0. The van der Waals surface area contributed by atoms with Crippen LogP contribution < -0.4 is 5.73 Å². The summed E-state index contributed by atoms with van der Waals surface area (Å²) in [4.78, 5) is 0. The largest absolute Gasteiger partial charge is 0.399 e. The van der Waals surface area contributed by atoms with Crippen molar-refractivity contribution in [2.24, 2.45) is 0 Å². The number of benzene rings is 5. The average molecular weight is 412 g/mol. The Balaban J connectivity index is 1.38. The van der Waals surface area contributed by atoms with E-state index in [-0.39, 0.29) is 0 Å². The highest BCUT2D eigenvalue weighted by Crippen LogP contribution is 2.30. The number of rotatable bonds is 4. The molecule has 0 aliphatic carbocycles. The Morgan fingerprint density at radius 1 is 0.375 bits per heavy atom. The van der Waals surface area contributed by atoms with Crippen LogP contribution >= 0.6 is 0 Å². The van der Waals surface area contributed by atoms with Crippen molar-refractivity contribution in [1.29, 1.82) is 0 Å². The number of anilines is 1. The minimum Gasteiger partial charge on any atom is -0.399 e. The number of hydrogen-bond acceptors (Lipinski definition) is 1. The van der Waals surface area contributed by atoms with Gasteiger partial charge in [-0.3, -0.25) is 0 Å². The van der Waals surface area contributed by atoms with Gasteiger partial charge in [-0.05, 0) is 69.6 Å². The highest BCUT2D eigenvalue weighted by Gasteiger charge is 2.04. The first-order valence-electron chi connectivity index (χ1n) is 10.9. The van der Waals surface area contributed by atoms with Gasteiger partial charge in [-0.2, -0.15) is 0 Å². The molecule has 1 nitrogen and oxygen atoms in total. The van der Waals surface area contributed by atoms with Crippen molar-refractivity contribution in [3.8, 4) is 44.5 Å². The Morgan fingerprint density at radius 2 is 0.688 bits per heavy atom. The summed E-state index contributed by atoms with van der Waals surface area (Å²) in [7, 11) is 0. The van der Waals surface area contributed by atoms with Gasteiger partial charge in [0.25, 0.3) is 0 Å². The molecule has 0 aromatic heterocycles. The maximum Gasteiger partial charge on any atom is 0.0314 e. The van der Waals surface area contributed by atoms with Gasteiger partial charge in [0.05, 0.1) is 0 Å². The molecule has 0 spiro atoms. The first-order chi connectivity index (χ1) is 15.7. The number of nitrogens with two attached hydrogens (primary N) is 1. The van der Waals surface area contributed by atoms with Gasteiger partial charge >= 0.3 is 0 Å². The van der Waals surface area contributed by atoms with E-state index in [2.05, 4.69) is 116 Å². The fourth-order valence-electron chi connectivity index (χ4n) is 4.01. The summed E-state index contributed by atoms with van der Waals surface area (Å²) in [6.45, 7) is 2.12. The highest BCUT2D eigenvalue weighted by atomic mass is 14.5. The standard InChI is InChI=1S/C31H25N/c1-22-5-7-23(8-6-22)24-9-11-25(12-10-24)26-13-15-27(16-14-26)29-3-2-4-30(21-29)28-17-19-31(32)20-18-28/h2-21H,32H2,1H3. The van der Waals surface area contributed by atoms with E-state index < -0.39 is 0 Å². The van der Waals surface area contributed by atoms with Gasteiger partial charge in [-0.15, -0.1) is 0 Å². The van der Waals surface area contributed by atoms with E-state index in [1.807, 2.05) is 12.1 Å². The molecule has 0 saturated heterocycles. The number of aryl methyl sites for hydroxylation is 1. The molecule has 0 fully saturated rings. The molecule has 5 aromatic rings. The predicted molar refractivity (Wildman–Crippen MR) is 137 cm³/mol. The lowest BCUT2D eigenvalue weighted by Gasteiger charge is -2.09. The van der Waals surface area contributed by atoms with Gasteiger partial charge in [0.15, 0.2) is 0 Å². The third kappa shape index (κ3) is 4.19. The first kappa shape index (κ1) is 19.8. The van der Waals surface area contributed by atoms with E-state index in [0.29, 0.717) is 0 Å². The van der Waals surface area contributed by atoms with Gasteiger partial charge in [0.2, 0.25) is 0 Å². The van der Waals surface area contributed by atoms with Crippen molar-refractivity contribution in [3.63, 3.8) is 0 Å². The highest BCUT2D eigenvalue weighted by molar-refractivity contribution is 5.76. The summed E-state index contributed by atoms with van der Waals surface area (Å²) in [6, 6.07) is 42.9. The molecule has 0 radical (unpaired) electrons. The number of nitrogen functional groups attached to an aromatic ring is 1. The zero-order valence-electron chi connectivity index (χ0n) is 18.1. The van der Waals surface area contributed by atoms with Crippen molar-refractivity contribution >= 4 is 5.69 Å². The lowest BCUT2D eigenvalue weighted by molar-refractivity contribution is 1.47. The molecule has 1 heteroatoms. The number of hydrogen-bond donors (Lipinski definition) is 1. The molecule has 5 rings (SSSR count). The van der Waals surface area contributed by atoms with E-state index >= 15 is 0 Å². The van der Waals surface area contributed by atoms with Crippen LogP contribution in [0.2, 0.25) is 0 Å². The second-order valence-electron chi connectivity index (χ2n) is 8.22. The maximum atomic E-state index is 5.83. The van der Waals surface area contributed by atoms with Gasteiger partial charge < -0.3 is 5.73 Å². The fourth-order valence-corrected chi connectivity index (χ4v) is 4.01. The van der Waals surface area contributed by atoms with Gasteiger partial charge in [-0.25, -0.2) is 0 Å². The molecule has 5 aromatic carbocycles. The van der Waals surface area contributed by atoms with Gasteiger partial charge in [0, 0.05) is 5.69 Å². The lowest BCUT2D eigenvalue weighted by Crippen LogP contribution is -1.85. The Morgan fingerprint density at radius 3 is 1.09 bits per heavy atom. The summed E-state index contributed by atoms with van der Waals surface area (Å²) < 4.78 is 0. The molecule has 0 aliphatic heterocycles. The normalized spacial score (nSPS) is 10.8. The van der Waals surface area contributed by atoms with Crippen molar-refractivity contribution in [2.45, 2.75) is 6.92 Å². The Bertz CT molecular complexity index is 1330. The first-order valence-corrected chi connectivity index (χ1v) is 10.9. The molecule has 32 heavy (non-hydrogen) atoms. The third-order valence-corrected chi connectivity index (χ3v) is 5.93. The molecule has 0 aliphatic rings. The average Bonchev–Trinajstić information content (AvgIpc) is 2.85. The van der Waals surface area contributed by atoms with Crippen LogP contribution in [0.25, 0.3) is 44.5 Å². The zero-order valence-corrected chi connectivity index (χ0v) is 18.1. The molecular weight excluding hydrogens is 386 g/mol. The van der Waals surface area contributed by atoms with Crippen LogP contribution in [0.1, 0.15) is 5.56 Å². The Kier molecular flexibility index (Phi) is 5.31. The molecule has 0 heterocycles. The predicted octanol–water partition coefficient (Wildman–Crippen LogP) is 8.25. The van der Waals surface area contributed by atoms with E-state index in [0.717, 1.165) is 5.69 Å². The van der Waals surface area contributed by atoms with Crippen LogP contribution in [0.4, 0.5) is 5.69 Å². The Hall–Kier alpha value is -4.10. The smallest absolute Gasteiger partial charge is 0.0314 e. The van der Waals surface area contributed by atoms with Crippen molar-refractivity contribution in [3.05, 3.63) is 127 Å². The van der Waals surface area contributed by atoms with E-state index in [1.54, 1.807) is 0 Å². The van der Waals surface area contributed by atoms with E-state index in [1.165, 1.54) is 50.1 Å². The topological polar surface area (TPSA) is 26.0 Å². The van der Waals surface area contributed by atoms with Crippen molar-refractivity contribution in [2.75, 3.05) is 5.73 Å². The summed E-state index contributed by atoms with van der Waals surface area (Å²) in [5.41, 5.74) is 17.6. The lowest BCUT2D eigenvalue weighted by atomic mass is 9.96. The monoisotopic (exact) mass is 411 g/mol. The van der Waals surface area contributed by atoms with Gasteiger partial charge in [-0.1, -0.05) is 109 Å². The fraction of sp³-hybridized carbons (Fsp3) is 0.0323. The minimum atomic E-state index is 0.785. The summed E-state index contributed by atoms with van der Waals surface area (Å²) in [5.74, 6) is 0. The maximum absolute atomic E-state index is 5.83. The van der Waals surface area contributed by atoms with Crippen molar-refractivity contribution in [1.82, 2.24) is 0 Å². The molecular formula is C31H25N. The van der Waals surface area contributed by atoms with Gasteiger partial charge in [0.1, 0.15) is 0 Å². The molecule has 0 atom stereocenters. The second-order valence-corrected chi connectivity index (χ2v) is 8.22. The van der Waals surface area contributed by atoms with E-state index in [4.69, 9.17) is 5.73 Å². The van der Waals surface area contributed by atoms with Crippen LogP contribution in [0.5, 0.6) is 0 Å². The Labute approximate surface area is 189 Å². The van der Waals surface area contributed by atoms with Crippen LogP contribution in [0.3, 0.4) is 0 Å². The molecule has 0 amide bonds. The molecule has 0 unspecified atom stereocenters. The molecule has 154 valence electrons. The zero-order chi connectivity index (χ0) is 21.9. The van der Waals surface area contributed by atoms with Crippen LogP contribution in [0, 0.1) is 6.92 Å². The second kappa shape index (κ2) is 8.56. The third-order valence-electron chi connectivity index (χ3n) is 5.93. The van der Waals surface area contributed by atoms with E-state index in [9.17, 15) is 0 Å². The molecule has 0 bridgehead atoms. The quantitative estimate of drug-likeness (QED) is 0.296. The summed E-state index contributed by atoms with van der Waals surface area (Å²) in [5, 5.41) is 0. The molecule has 2 N–H and O–H groups in total. The summed E-state index contributed by atoms with van der Waals surface area (Å²) in [6.07, 6.45) is 0. The molecule has 0 saturated carbocycles. The van der Waals surface area contributed by atoms with Crippen LogP contribution in [-0.4, -0.2) is 0 Å². The SMILES string of the molecule is Cc1ccc(-c2ccc(-c3ccc(-c4cccc(-c5ccc(N)cc5)c4)cc3)cc2)cc1. The van der Waals surface area contributed by atoms with Crippen molar-refractivity contribution < 1.29 is 0 Å².